The number of carbonyl (C=O) groups is 1. The Hall–Kier alpha value is -1.82. The van der Waals surface area contributed by atoms with Crippen LogP contribution in [0.1, 0.15) is 0 Å². The zero-order valence-electron chi connectivity index (χ0n) is 8.56. The summed E-state index contributed by atoms with van der Waals surface area (Å²) in [5.74, 6) is 0. The quantitative estimate of drug-likeness (QED) is 0.668. The average Bonchev–Trinajstić information content (AvgIpc) is 2.66. The third-order valence-corrected chi connectivity index (χ3v) is 2.49. The Balaban J connectivity index is 1.87. The Morgan fingerprint density at radius 3 is 2.75 bits per heavy atom. The van der Waals surface area contributed by atoms with Crippen LogP contribution in [0.15, 0.2) is 30.3 Å². The highest BCUT2D eigenvalue weighted by Gasteiger charge is 2.17. The van der Waals surface area contributed by atoms with Gasteiger partial charge >= 0.3 is 6.03 Å². The molecule has 1 fully saturated rings. The van der Waals surface area contributed by atoms with Crippen LogP contribution in [0.5, 0.6) is 0 Å². The van der Waals surface area contributed by atoms with Crippen molar-refractivity contribution < 1.29 is 4.79 Å². The summed E-state index contributed by atoms with van der Waals surface area (Å²) in [5, 5.41) is 7.81. The summed E-state index contributed by atoms with van der Waals surface area (Å²) >= 11 is 5.00. The largest absolute Gasteiger partial charge is 0.359 e. The van der Waals surface area contributed by atoms with Gasteiger partial charge in [-0.3, -0.25) is 5.01 Å². The van der Waals surface area contributed by atoms with Crippen LogP contribution in [0.25, 0.3) is 0 Å². The number of amides is 2. The molecule has 0 unspecified atom stereocenters. The summed E-state index contributed by atoms with van der Waals surface area (Å²) < 4.78 is 0. The van der Waals surface area contributed by atoms with Crippen LogP contribution >= 0.6 is 12.2 Å². The molecule has 16 heavy (non-hydrogen) atoms. The van der Waals surface area contributed by atoms with Crippen LogP contribution in [0.2, 0.25) is 0 Å². The summed E-state index contributed by atoms with van der Waals surface area (Å²) in [5.41, 5.74) is 3.40. The third kappa shape index (κ3) is 2.60. The summed E-state index contributed by atoms with van der Waals surface area (Å²) in [4.78, 5) is 11.6. The van der Waals surface area contributed by atoms with Gasteiger partial charge in [-0.25, -0.2) is 10.2 Å². The fourth-order valence-corrected chi connectivity index (χ4v) is 1.62. The van der Waals surface area contributed by atoms with Crippen LogP contribution in [0.3, 0.4) is 0 Å². The van der Waals surface area contributed by atoms with Gasteiger partial charge in [-0.05, 0) is 24.4 Å². The van der Waals surface area contributed by atoms with Gasteiger partial charge in [0.15, 0.2) is 5.11 Å². The Bertz CT molecular complexity index is 395. The molecule has 1 saturated heterocycles. The van der Waals surface area contributed by atoms with E-state index in [0.29, 0.717) is 11.7 Å². The predicted octanol–water partition coefficient (Wildman–Crippen LogP) is 0.913. The molecule has 1 heterocycles. The van der Waals surface area contributed by atoms with Crippen LogP contribution in [0.4, 0.5) is 10.5 Å². The second kappa shape index (κ2) is 4.80. The number of hydrogen-bond acceptors (Lipinski definition) is 2. The third-order valence-electron chi connectivity index (χ3n) is 2.12. The molecule has 0 aromatic heterocycles. The molecule has 0 saturated carbocycles. The van der Waals surface area contributed by atoms with E-state index < -0.39 is 0 Å². The number of benzene rings is 1. The molecular weight excluding hydrogens is 224 g/mol. The van der Waals surface area contributed by atoms with Gasteiger partial charge in [0.25, 0.3) is 0 Å². The zero-order valence-corrected chi connectivity index (χ0v) is 9.38. The standard InChI is InChI=1S/C10H12N4OS/c15-9(12-8-4-2-1-3-5-8)13-14-7-6-11-10(14)16/h1-5H,6-7H2,(H,11,16)(H2,12,13,15). The number of nitrogens with zero attached hydrogens (tertiary/aromatic N) is 1. The van der Waals surface area contributed by atoms with Crippen molar-refractivity contribution in [3.63, 3.8) is 0 Å². The number of nitrogens with one attached hydrogen (secondary N) is 3. The maximum absolute atomic E-state index is 11.6. The predicted molar refractivity (Wildman–Crippen MR) is 65.9 cm³/mol. The lowest BCUT2D eigenvalue weighted by atomic mass is 10.3. The van der Waals surface area contributed by atoms with E-state index in [1.54, 1.807) is 5.01 Å². The minimum absolute atomic E-state index is 0.294. The molecule has 0 spiro atoms. The van der Waals surface area contributed by atoms with Crippen LogP contribution in [0, 0.1) is 0 Å². The second-order valence-electron chi connectivity index (χ2n) is 3.32. The molecular formula is C10H12N4OS. The van der Waals surface area contributed by atoms with Crippen molar-refractivity contribution in [3.05, 3.63) is 30.3 Å². The van der Waals surface area contributed by atoms with E-state index >= 15 is 0 Å². The van der Waals surface area contributed by atoms with Gasteiger partial charge in [0.2, 0.25) is 0 Å². The van der Waals surface area contributed by atoms with Gasteiger partial charge in [-0.15, -0.1) is 0 Å². The summed E-state index contributed by atoms with van der Waals surface area (Å²) in [6.45, 7) is 1.44. The molecule has 1 aromatic rings. The smallest absolute Gasteiger partial charge is 0.338 e. The number of carbonyl (C=O) groups excluding carboxylic acids is 1. The number of thiocarbonyl (C=S) groups is 1. The summed E-state index contributed by atoms with van der Waals surface area (Å²) in [6, 6.07) is 8.95. The minimum atomic E-state index is -0.294. The molecule has 0 radical (unpaired) electrons. The first kappa shape index (κ1) is 10.7. The number of urea groups is 1. The van der Waals surface area contributed by atoms with E-state index in [4.69, 9.17) is 12.2 Å². The molecule has 84 valence electrons. The van der Waals surface area contributed by atoms with E-state index in [1.165, 1.54) is 0 Å². The fraction of sp³-hybridized carbons (Fsp3) is 0.200. The van der Waals surface area contributed by atoms with E-state index in [9.17, 15) is 4.79 Å². The van der Waals surface area contributed by atoms with Gasteiger partial charge < -0.3 is 10.6 Å². The number of rotatable bonds is 2. The van der Waals surface area contributed by atoms with Crippen molar-refractivity contribution in [2.24, 2.45) is 0 Å². The number of anilines is 1. The lowest BCUT2D eigenvalue weighted by Crippen LogP contribution is -2.45. The van der Waals surface area contributed by atoms with Crippen molar-refractivity contribution >= 4 is 29.0 Å². The zero-order chi connectivity index (χ0) is 11.4. The molecule has 5 nitrogen and oxygen atoms in total. The fourth-order valence-electron chi connectivity index (χ4n) is 1.38. The molecule has 0 atom stereocenters. The van der Waals surface area contributed by atoms with Crippen molar-refractivity contribution in [1.82, 2.24) is 15.8 Å². The number of para-hydroxylation sites is 1. The van der Waals surface area contributed by atoms with Crippen molar-refractivity contribution in [3.8, 4) is 0 Å². The highest BCUT2D eigenvalue weighted by atomic mass is 32.1. The average molecular weight is 236 g/mol. The maximum Gasteiger partial charge on any atom is 0.338 e. The monoisotopic (exact) mass is 236 g/mol. The molecule has 0 aliphatic carbocycles. The maximum atomic E-state index is 11.6. The minimum Gasteiger partial charge on any atom is -0.359 e. The molecule has 1 aliphatic rings. The Kier molecular flexibility index (Phi) is 3.21. The molecule has 2 rings (SSSR count). The molecule has 0 bridgehead atoms. The summed E-state index contributed by atoms with van der Waals surface area (Å²) in [6.07, 6.45) is 0. The molecule has 3 N–H and O–H groups in total. The number of hydrazine groups is 1. The Morgan fingerprint density at radius 1 is 1.38 bits per heavy atom. The molecule has 1 aliphatic heterocycles. The van der Waals surface area contributed by atoms with Gasteiger partial charge in [0, 0.05) is 12.2 Å². The first-order chi connectivity index (χ1) is 7.75. The van der Waals surface area contributed by atoms with E-state index in [2.05, 4.69) is 16.1 Å². The topological polar surface area (TPSA) is 56.4 Å². The number of hydrogen-bond donors (Lipinski definition) is 3. The first-order valence-electron chi connectivity index (χ1n) is 4.94. The van der Waals surface area contributed by atoms with Gasteiger partial charge in [-0.1, -0.05) is 18.2 Å². The van der Waals surface area contributed by atoms with Gasteiger partial charge in [-0.2, -0.15) is 0 Å². The second-order valence-corrected chi connectivity index (χ2v) is 3.70. The van der Waals surface area contributed by atoms with E-state index in [-0.39, 0.29) is 6.03 Å². The van der Waals surface area contributed by atoms with Crippen molar-refractivity contribution in [1.29, 1.82) is 0 Å². The van der Waals surface area contributed by atoms with E-state index in [0.717, 1.165) is 12.2 Å². The highest BCUT2D eigenvalue weighted by molar-refractivity contribution is 7.80. The molecule has 2 amide bonds. The van der Waals surface area contributed by atoms with E-state index in [1.807, 2.05) is 30.3 Å². The van der Waals surface area contributed by atoms with Crippen LogP contribution in [-0.2, 0) is 0 Å². The SMILES string of the molecule is O=C(Nc1ccccc1)NN1CCNC1=S. The lowest BCUT2D eigenvalue weighted by molar-refractivity contribution is 0.233. The Morgan fingerprint density at radius 2 is 2.12 bits per heavy atom. The molecule has 1 aromatic carbocycles. The molecule has 6 heteroatoms. The van der Waals surface area contributed by atoms with Gasteiger partial charge in [0.05, 0.1) is 6.54 Å². The highest BCUT2D eigenvalue weighted by Crippen LogP contribution is 2.04. The first-order valence-corrected chi connectivity index (χ1v) is 5.34. The van der Waals surface area contributed by atoms with Gasteiger partial charge in [0.1, 0.15) is 0 Å². The van der Waals surface area contributed by atoms with Crippen molar-refractivity contribution in [2.75, 3.05) is 18.4 Å². The normalized spacial score (nSPS) is 14.5. The summed E-state index contributed by atoms with van der Waals surface area (Å²) in [7, 11) is 0. The lowest BCUT2D eigenvalue weighted by Gasteiger charge is -2.17. The van der Waals surface area contributed by atoms with Crippen LogP contribution in [-0.4, -0.2) is 29.2 Å². The van der Waals surface area contributed by atoms with Crippen molar-refractivity contribution in [2.45, 2.75) is 0 Å². The van der Waals surface area contributed by atoms with Crippen LogP contribution < -0.4 is 16.1 Å². The Labute approximate surface area is 98.8 Å².